The minimum Gasteiger partial charge on any atom is -0.383 e. The topological polar surface area (TPSA) is 89.6 Å². The van der Waals surface area contributed by atoms with E-state index in [1.807, 2.05) is 25.1 Å². The predicted octanol–water partition coefficient (Wildman–Crippen LogP) is 6.15. The number of halogens is 3. The zero-order valence-corrected chi connectivity index (χ0v) is 19.6. The molecule has 0 spiro atoms. The summed E-state index contributed by atoms with van der Waals surface area (Å²) in [6.45, 7) is 1.87. The van der Waals surface area contributed by atoms with Gasteiger partial charge in [-0.1, -0.05) is 30.3 Å². The Kier molecular flexibility index (Phi) is 5.04. The first-order chi connectivity index (χ1) is 17.7. The number of imidazole rings is 1. The molecule has 0 unspecified atom stereocenters. The van der Waals surface area contributed by atoms with Gasteiger partial charge in [-0.25, -0.2) is 9.67 Å². The third kappa shape index (κ3) is 3.88. The summed E-state index contributed by atoms with van der Waals surface area (Å²) in [6.07, 6.45) is -0.952. The van der Waals surface area contributed by atoms with Gasteiger partial charge in [-0.3, -0.25) is 4.79 Å². The number of carbonyl (C=O) groups excluding carboxylic acids is 1. The number of ketones is 1. The Morgan fingerprint density at radius 1 is 1.08 bits per heavy atom. The lowest BCUT2D eigenvalue weighted by molar-refractivity contribution is -0.137. The van der Waals surface area contributed by atoms with Crippen LogP contribution in [0.25, 0.3) is 33.9 Å². The second-order valence-electron chi connectivity index (χ2n) is 9.01. The van der Waals surface area contributed by atoms with Crippen LogP contribution in [0.1, 0.15) is 32.9 Å². The van der Waals surface area contributed by atoms with Crippen LogP contribution in [0.3, 0.4) is 0 Å². The molecule has 3 aromatic carbocycles. The van der Waals surface area contributed by atoms with Crippen molar-refractivity contribution in [3.05, 3.63) is 101 Å². The average Bonchev–Trinajstić information content (AvgIpc) is 3.57. The van der Waals surface area contributed by atoms with Crippen molar-refractivity contribution in [3.8, 4) is 16.8 Å². The Morgan fingerprint density at radius 2 is 1.89 bits per heavy atom. The molecule has 0 amide bonds. The summed E-state index contributed by atoms with van der Waals surface area (Å²) in [5.41, 5.74) is 10.8. The van der Waals surface area contributed by atoms with E-state index in [4.69, 9.17) is 5.73 Å². The van der Waals surface area contributed by atoms with Crippen LogP contribution in [-0.2, 0) is 12.6 Å². The number of nitrogens with one attached hydrogen (secondary N) is 1. The molecule has 6 rings (SSSR count). The number of benzene rings is 3. The summed E-state index contributed by atoms with van der Waals surface area (Å²) >= 11 is 0. The number of hydrogen-bond acceptors (Lipinski definition) is 4. The Morgan fingerprint density at radius 3 is 2.70 bits per heavy atom. The van der Waals surface area contributed by atoms with E-state index in [1.54, 1.807) is 30.3 Å². The molecule has 5 aromatic rings. The standard InChI is InChI=1S/C28H20F3N5O/c1-15-34-24-9-8-20(13-25(24)35-15)36-27(32)22(14-33-36)26(37)19-10-16-6-7-17(11-18(16)12-19)21-4-2-3-5-23(21)28(29,30)31/h2-9,11-14H,10,32H2,1H3,(H,34,35). The molecule has 6 nitrogen and oxygen atoms in total. The van der Waals surface area contributed by atoms with E-state index in [1.165, 1.54) is 23.0 Å². The number of aryl methyl sites for hydroxylation is 1. The number of aromatic amines is 1. The molecule has 37 heavy (non-hydrogen) atoms. The number of nitrogens with zero attached hydrogens (tertiary/aromatic N) is 3. The van der Waals surface area contributed by atoms with E-state index >= 15 is 0 Å². The number of nitrogens with two attached hydrogens (primary N) is 1. The monoisotopic (exact) mass is 499 g/mol. The highest BCUT2D eigenvalue weighted by Gasteiger charge is 2.33. The van der Waals surface area contributed by atoms with Crippen molar-refractivity contribution >= 4 is 28.7 Å². The number of anilines is 1. The van der Waals surface area contributed by atoms with Crippen LogP contribution < -0.4 is 5.73 Å². The summed E-state index contributed by atoms with van der Waals surface area (Å²) in [7, 11) is 0. The lowest BCUT2D eigenvalue weighted by Gasteiger charge is -2.13. The van der Waals surface area contributed by atoms with Crippen molar-refractivity contribution in [1.82, 2.24) is 19.7 Å². The third-order valence-electron chi connectivity index (χ3n) is 6.57. The molecule has 1 aliphatic rings. The van der Waals surface area contributed by atoms with Gasteiger partial charge in [-0.05, 0) is 65.6 Å². The number of rotatable bonds is 4. The van der Waals surface area contributed by atoms with Gasteiger partial charge in [0.05, 0.1) is 34.0 Å². The van der Waals surface area contributed by atoms with Crippen LogP contribution in [0.15, 0.2) is 72.4 Å². The molecule has 0 fully saturated rings. The first kappa shape index (κ1) is 22.8. The molecule has 0 saturated heterocycles. The van der Waals surface area contributed by atoms with Crippen molar-refractivity contribution in [3.63, 3.8) is 0 Å². The molecule has 0 saturated carbocycles. The molecular weight excluding hydrogens is 479 g/mol. The van der Waals surface area contributed by atoms with E-state index in [0.717, 1.165) is 28.5 Å². The maximum Gasteiger partial charge on any atom is 0.417 e. The van der Waals surface area contributed by atoms with Crippen LogP contribution in [0.5, 0.6) is 0 Å². The second-order valence-corrected chi connectivity index (χ2v) is 9.01. The van der Waals surface area contributed by atoms with Gasteiger partial charge in [0, 0.05) is 12.0 Å². The minimum atomic E-state index is -4.47. The molecule has 2 heterocycles. The van der Waals surface area contributed by atoms with E-state index in [-0.39, 0.29) is 22.7 Å². The van der Waals surface area contributed by atoms with E-state index < -0.39 is 11.7 Å². The molecule has 0 aliphatic heterocycles. The summed E-state index contributed by atoms with van der Waals surface area (Å²) < 4.78 is 42.1. The summed E-state index contributed by atoms with van der Waals surface area (Å²) in [5, 5.41) is 4.33. The van der Waals surface area contributed by atoms with Gasteiger partial charge < -0.3 is 10.7 Å². The molecule has 9 heteroatoms. The number of Topliss-reactive ketones (excluding diaryl/α,β-unsaturated/α-hetero) is 1. The quantitative estimate of drug-likeness (QED) is 0.290. The Labute approximate surface area is 209 Å². The fourth-order valence-corrected chi connectivity index (χ4v) is 4.80. The highest BCUT2D eigenvalue weighted by atomic mass is 19.4. The van der Waals surface area contributed by atoms with Crippen LogP contribution in [0, 0.1) is 6.92 Å². The van der Waals surface area contributed by atoms with Gasteiger partial charge in [-0.2, -0.15) is 18.3 Å². The fraction of sp³-hybridized carbons (Fsp3) is 0.107. The largest absolute Gasteiger partial charge is 0.417 e. The van der Waals surface area contributed by atoms with Gasteiger partial charge in [-0.15, -0.1) is 0 Å². The molecular formula is C28H20F3N5O. The van der Waals surface area contributed by atoms with Gasteiger partial charge in [0.1, 0.15) is 11.6 Å². The number of aromatic nitrogens is 4. The Bertz CT molecular complexity index is 1740. The number of carbonyl (C=O) groups is 1. The second kappa shape index (κ2) is 8.19. The minimum absolute atomic E-state index is 0.0981. The Balaban J connectivity index is 1.31. The molecule has 3 N–H and O–H groups in total. The fourth-order valence-electron chi connectivity index (χ4n) is 4.80. The molecule has 2 aromatic heterocycles. The number of alkyl halides is 3. The van der Waals surface area contributed by atoms with Crippen LogP contribution in [-0.4, -0.2) is 25.5 Å². The first-order valence-electron chi connectivity index (χ1n) is 11.5. The molecule has 0 bridgehead atoms. The van der Waals surface area contributed by atoms with Gasteiger partial charge in [0.15, 0.2) is 5.78 Å². The zero-order chi connectivity index (χ0) is 25.9. The summed E-state index contributed by atoms with van der Waals surface area (Å²) in [6, 6.07) is 16.1. The van der Waals surface area contributed by atoms with E-state index in [0.29, 0.717) is 28.8 Å². The molecule has 0 radical (unpaired) electrons. The number of nitrogen functional groups attached to an aromatic ring is 1. The number of H-pyrrole nitrogens is 1. The Hall–Kier alpha value is -4.66. The summed E-state index contributed by atoms with van der Waals surface area (Å²) in [5.74, 6) is 0.724. The number of fused-ring (bicyclic) bond motifs is 2. The highest BCUT2D eigenvalue weighted by Crippen LogP contribution is 2.39. The van der Waals surface area contributed by atoms with Crippen molar-refractivity contribution in [2.45, 2.75) is 19.5 Å². The van der Waals surface area contributed by atoms with Gasteiger partial charge >= 0.3 is 6.18 Å². The lowest BCUT2D eigenvalue weighted by atomic mass is 9.96. The molecule has 184 valence electrons. The van der Waals surface area contributed by atoms with Crippen LogP contribution >= 0.6 is 0 Å². The average molecular weight is 499 g/mol. The maximum atomic E-state index is 13.5. The number of hydrogen-bond donors (Lipinski definition) is 2. The van der Waals surface area contributed by atoms with Gasteiger partial charge in [0.25, 0.3) is 0 Å². The zero-order valence-electron chi connectivity index (χ0n) is 19.6. The van der Waals surface area contributed by atoms with Crippen molar-refractivity contribution < 1.29 is 18.0 Å². The smallest absolute Gasteiger partial charge is 0.383 e. The van der Waals surface area contributed by atoms with E-state index in [9.17, 15) is 18.0 Å². The normalized spacial score (nSPS) is 13.1. The molecule has 1 aliphatic carbocycles. The van der Waals surface area contributed by atoms with Crippen molar-refractivity contribution in [2.75, 3.05) is 5.73 Å². The third-order valence-corrected chi connectivity index (χ3v) is 6.57. The SMILES string of the molecule is Cc1nc2ccc(-n3ncc(C(=O)C4=Cc5cc(-c6ccccc6C(F)(F)F)ccc5C4)c3N)cc2[nH]1. The van der Waals surface area contributed by atoms with E-state index in [2.05, 4.69) is 15.1 Å². The number of allylic oxidation sites excluding steroid dienone is 1. The van der Waals surface area contributed by atoms with Crippen LogP contribution in [0.2, 0.25) is 0 Å². The highest BCUT2D eigenvalue weighted by molar-refractivity contribution is 6.15. The van der Waals surface area contributed by atoms with Gasteiger partial charge in [0.2, 0.25) is 0 Å². The predicted molar refractivity (Wildman–Crippen MR) is 135 cm³/mol. The maximum absolute atomic E-state index is 13.5. The van der Waals surface area contributed by atoms with Crippen molar-refractivity contribution in [2.24, 2.45) is 0 Å². The van der Waals surface area contributed by atoms with Crippen LogP contribution in [0.4, 0.5) is 19.0 Å². The molecule has 0 atom stereocenters. The lowest BCUT2D eigenvalue weighted by Crippen LogP contribution is -2.08. The van der Waals surface area contributed by atoms with Crippen molar-refractivity contribution in [1.29, 1.82) is 0 Å². The first-order valence-corrected chi connectivity index (χ1v) is 11.5. The summed E-state index contributed by atoms with van der Waals surface area (Å²) in [4.78, 5) is 20.9.